The molecule has 0 saturated carbocycles. The van der Waals surface area contributed by atoms with Gasteiger partial charge >= 0.3 is 18.0 Å². The molecule has 3 heterocycles. The first kappa shape index (κ1) is 21.0. The number of amidine groups is 1. The minimum Gasteiger partial charge on any atom is -0.480 e. The lowest BCUT2D eigenvalue weighted by molar-refractivity contribution is -0.545. The van der Waals surface area contributed by atoms with E-state index in [1.165, 1.54) is 17.5 Å². The molecule has 1 aromatic carbocycles. The smallest absolute Gasteiger partial charge is 0.397 e. The first-order chi connectivity index (χ1) is 14.8. The van der Waals surface area contributed by atoms with Gasteiger partial charge < -0.3 is 5.11 Å². The van der Waals surface area contributed by atoms with Crippen LogP contribution in [0.4, 0.5) is 10.5 Å². The van der Waals surface area contributed by atoms with Gasteiger partial charge in [-0.2, -0.15) is 0 Å². The molecule has 0 aromatic heterocycles. The van der Waals surface area contributed by atoms with Gasteiger partial charge in [0.25, 0.3) is 5.91 Å². The number of carboxylic acids is 1. The van der Waals surface area contributed by atoms with Crippen molar-refractivity contribution in [2.45, 2.75) is 39.2 Å². The second kappa shape index (κ2) is 8.13. The Bertz CT molecular complexity index is 984. The van der Waals surface area contributed by atoms with Gasteiger partial charge in [-0.1, -0.05) is 37.4 Å². The third kappa shape index (κ3) is 3.68. The number of guanidine groups is 1. The summed E-state index contributed by atoms with van der Waals surface area (Å²) in [6, 6.07) is 6.95. The number of anilines is 1. The summed E-state index contributed by atoms with van der Waals surface area (Å²) in [6.45, 7) is 4.97. The molecule has 1 aromatic rings. The van der Waals surface area contributed by atoms with Crippen molar-refractivity contribution in [2.75, 3.05) is 31.6 Å². The summed E-state index contributed by atoms with van der Waals surface area (Å²) < 4.78 is 1.90. The van der Waals surface area contributed by atoms with Gasteiger partial charge in [-0.3, -0.25) is 14.5 Å². The number of likely N-dealkylation sites (N-methyl/N-ethyl adjacent to an activating group) is 1. The molecule has 2 atom stereocenters. The second-order valence-electron chi connectivity index (χ2n) is 8.47. The van der Waals surface area contributed by atoms with Crippen LogP contribution in [-0.4, -0.2) is 81.9 Å². The number of hydrogen-bond donors (Lipinski definition) is 1. The van der Waals surface area contributed by atoms with E-state index in [-0.39, 0.29) is 5.92 Å². The molecule has 9 heteroatoms. The van der Waals surface area contributed by atoms with Crippen molar-refractivity contribution in [1.29, 1.82) is 0 Å². The van der Waals surface area contributed by atoms with E-state index < -0.39 is 30.5 Å². The van der Waals surface area contributed by atoms with Crippen LogP contribution in [0.3, 0.4) is 0 Å². The summed E-state index contributed by atoms with van der Waals surface area (Å²) in [4.78, 5) is 45.8. The summed E-state index contributed by atoms with van der Waals surface area (Å²) in [5, 5.41) is 9.15. The van der Waals surface area contributed by atoms with Crippen molar-refractivity contribution in [3.05, 3.63) is 29.8 Å². The molecular formula is C22H28N5O4+. The maximum atomic E-state index is 13.1. The number of aliphatic carboxylic acids is 1. The molecule has 0 aliphatic carbocycles. The van der Waals surface area contributed by atoms with Gasteiger partial charge in [0.05, 0.1) is 13.1 Å². The molecule has 4 rings (SSSR count). The molecular weight excluding hydrogens is 398 g/mol. The first-order valence-electron chi connectivity index (χ1n) is 10.7. The van der Waals surface area contributed by atoms with Gasteiger partial charge in [-0.25, -0.2) is 19.2 Å². The van der Waals surface area contributed by atoms with Crippen molar-refractivity contribution in [3.8, 4) is 0 Å². The number of urea groups is 1. The number of fused-ring (bicyclic) bond motifs is 2. The van der Waals surface area contributed by atoms with Crippen LogP contribution in [0.2, 0.25) is 0 Å². The Morgan fingerprint density at radius 3 is 2.61 bits per heavy atom. The van der Waals surface area contributed by atoms with E-state index in [1.807, 2.05) is 4.58 Å². The van der Waals surface area contributed by atoms with Gasteiger partial charge in [0.15, 0.2) is 0 Å². The van der Waals surface area contributed by atoms with Gasteiger partial charge in [0.2, 0.25) is 11.9 Å². The number of nitrogens with zero attached hydrogens (tertiary/aromatic N) is 5. The number of aryl methyl sites for hydroxylation is 1. The van der Waals surface area contributed by atoms with Crippen molar-refractivity contribution >= 4 is 35.4 Å². The maximum absolute atomic E-state index is 13.1. The highest BCUT2D eigenvalue weighted by molar-refractivity contribution is 6.24. The molecule has 31 heavy (non-hydrogen) atoms. The minimum atomic E-state index is -1.23. The van der Waals surface area contributed by atoms with Crippen LogP contribution in [-0.2, 0) is 16.0 Å². The Hall–Kier alpha value is -3.23. The summed E-state index contributed by atoms with van der Waals surface area (Å²) in [5.74, 6) is -0.533. The summed E-state index contributed by atoms with van der Waals surface area (Å²) in [7, 11) is 1.53. The fourth-order valence-corrected chi connectivity index (χ4v) is 4.42. The van der Waals surface area contributed by atoms with E-state index >= 15 is 0 Å². The summed E-state index contributed by atoms with van der Waals surface area (Å²) in [5.41, 5.74) is 2.27. The van der Waals surface area contributed by atoms with Gasteiger partial charge in [0, 0.05) is 13.0 Å². The lowest BCUT2D eigenvalue weighted by Gasteiger charge is -2.34. The Labute approximate surface area is 181 Å². The molecule has 0 spiro atoms. The van der Waals surface area contributed by atoms with Gasteiger partial charge in [0.1, 0.15) is 12.2 Å². The van der Waals surface area contributed by atoms with E-state index in [2.05, 4.69) is 48.0 Å². The van der Waals surface area contributed by atoms with E-state index in [0.717, 1.165) is 36.4 Å². The van der Waals surface area contributed by atoms with E-state index in [0.29, 0.717) is 18.3 Å². The number of hydrogen-bond acceptors (Lipinski definition) is 5. The second-order valence-corrected chi connectivity index (χ2v) is 8.47. The zero-order valence-electron chi connectivity index (χ0n) is 18.1. The van der Waals surface area contributed by atoms with Crippen molar-refractivity contribution in [2.24, 2.45) is 10.9 Å². The van der Waals surface area contributed by atoms with Crippen molar-refractivity contribution in [1.82, 2.24) is 9.80 Å². The largest absolute Gasteiger partial charge is 0.480 e. The quantitative estimate of drug-likeness (QED) is 0.698. The number of carbonyl (C=O) groups is 3. The number of carbonyl (C=O) groups excluding carboxylic acids is 2. The predicted octanol–water partition coefficient (Wildman–Crippen LogP) is 1.61. The number of amides is 3. The zero-order valence-corrected chi connectivity index (χ0v) is 18.1. The number of rotatable bonds is 6. The monoisotopic (exact) mass is 426 g/mol. The van der Waals surface area contributed by atoms with E-state index in [4.69, 9.17) is 5.11 Å². The molecule has 1 N–H and O–H groups in total. The average molecular weight is 426 g/mol. The molecule has 9 nitrogen and oxygen atoms in total. The Morgan fingerprint density at radius 1 is 1.26 bits per heavy atom. The SMILES string of the molecule is CCCCc1ccc(N2CC(C)C[N+]3=C2N=C2C3C(=O)N(CC(=O)O)C(=O)N2C)cc1. The molecule has 164 valence electrons. The van der Waals surface area contributed by atoms with E-state index in [1.54, 1.807) is 0 Å². The van der Waals surface area contributed by atoms with Gasteiger partial charge in [-0.15, -0.1) is 0 Å². The highest BCUT2D eigenvalue weighted by atomic mass is 16.4. The topological polar surface area (TPSA) is 96.5 Å². The van der Waals surface area contributed by atoms with Crippen LogP contribution >= 0.6 is 0 Å². The van der Waals surface area contributed by atoms with Crippen LogP contribution < -0.4 is 4.90 Å². The summed E-state index contributed by atoms with van der Waals surface area (Å²) in [6.07, 6.45) is 3.34. The molecule has 3 amide bonds. The van der Waals surface area contributed by atoms with Crippen LogP contribution in [0.5, 0.6) is 0 Å². The van der Waals surface area contributed by atoms with E-state index in [9.17, 15) is 14.4 Å². The molecule has 3 aliphatic heterocycles. The average Bonchev–Trinajstić information content (AvgIpc) is 3.13. The molecule has 2 unspecified atom stereocenters. The third-order valence-corrected chi connectivity index (χ3v) is 5.99. The van der Waals surface area contributed by atoms with Crippen LogP contribution in [0.1, 0.15) is 32.3 Å². The molecule has 3 aliphatic rings. The van der Waals surface area contributed by atoms with Crippen molar-refractivity contribution in [3.63, 3.8) is 0 Å². The third-order valence-electron chi connectivity index (χ3n) is 5.99. The van der Waals surface area contributed by atoms with Crippen LogP contribution in [0, 0.1) is 5.92 Å². The molecule has 0 radical (unpaired) electrons. The Morgan fingerprint density at radius 2 is 1.97 bits per heavy atom. The fraction of sp³-hybridized carbons (Fsp3) is 0.500. The number of imide groups is 1. The lowest BCUT2D eigenvalue weighted by atomic mass is 10.1. The molecule has 0 bridgehead atoms. The van der Waals surface area contributed by atoms with Gasteiger partial charge in [-0.05, 0) is 30.5 Å². The minimum absolute atomic E-state index is 0.252. The maximum Gasteiger partial charge on any atom is 0.397 e. The summed E-state index contributed by atoms with van der Waals surface area (Å²) >= 11 is 0. The zero-order chi connectivity index (χ0) is 22.3. The number of carboxylic acid groups (broad SMARTS) is 1. The lowest BCUT2D eigenvalue weighted by Crippen LogP contribution is -2.64. The molecule has 1 fully saturated rings. The predicted molar refractivity (Wildman–Crippen MR) is 115 cm³/mol. The number of unbranched alkanes of at least 4 members (excludes halogenated alkanes) is 1. The first-order valence-corrected chi connectivity index (χ1v) is 10.7. The fourth-order valence-electron chi connectivity index (χ4n) is 4.42. The highest BCUT2D eigenvalue weighted by Crippen LogP contribution is 2.28. The number of benzene rings is 1. The Balaban J connectivity index is 1.69. The molecule has 1 saturated heterocycles. The standard InChI is InChI=1S/C22H27N5O4/c1-4-5-6-15-7-9-16(10-8-15)25-11-14(2)12-26-18-19(23-21(25)26)24(3)22(31)27(20(18)30)13-17(28)29/h7-10,14,18H,4-6,11-13H2,1-3H3/p+1. The highest BCUT2D eigenvalue weighted by Gasteiger charge is 2.55. The van der Waals surface area contributed by atoms with Crippen LogP contribution in [0.15, 0.2) is 29.3 Å². The number of aliphatic imine (C=N–C) groups is 1. The van der Waals surface area contributed by atoms with Crippen molar-refractivity contribution < 1.29 is 24.1 Å². The van der Waals surface area contributed by atoms with Crippen LogP contribution in [0.25, 0.3) is 0 Å². The Kier molecular flexibility index (Phi) is 5.51. The normalized spacial score (nSPS) is 23.2.